The molecule has 0 aliphatic carbocycles. The molecule has 0 aromatic heterocycles. The van der Waals surface area contributed by atoms with Gasteiger partial charge in [0.1, 0.15) is 0 Å². The molecule has 102 valence electrons. The standard InChI is InChI=1S/C11H17FN2O3S/c1-4-5-14(2)18(15,16)8-6-9(12)11(17-3)10(13)7-8/h6-7H,4-5,13H2,1-3H3. The van der Waals surface area contributed by atoms with Crippen LogP contribution < -0.4 is 10.5 Å². The fourth-order valence-corrected chi connectivity index (χ4v) is 2.88. The van der Waals surface area contributed by atoms with Crippen molar-refractivity contribution in [2.75, 3.05) is 26.4 Å². The van der Waals surface area contributed by atoms with Gasteiger partial charge in [0.15, 0.2) is 11.6 Å². The average molecular weight is 276 g/mol. The Morgan fingerprint density at radius 1 is 1.44 bits per heavy atom. The number of ether oxygens (including phenoxy) is 1. The molecule has 0 heterocycles. The molecule has 1 aromatic carbocycles. The number of sulfonamides is 1. The summed E-state index contributed by atoms with van der Waals surface area (Å²) in [5.41, 5.74) is 5.51. The van der Waals surface area contributed by atoms with E-state index >= 15 is 0 Å². The van der Waals surface area contributed by atoms with Crippen LogP contribution in [0.25, 0.3) is 0 Å². The van der Waals surface area contributed by atoms with E-state index in [1.807, 2.05) is 6.92 Å². The molecule has 0 unspecified atom stereocenters. The van der Waals surface area contributed by atoms with Gasteiger partial charge in [-0.25, -0.2) is 17.1 Å². The summed E-state index contributed by atoms with van der Waals surface area (Å²) in [5, 5.41) is 0. The van der Waals surface area contributed by atoms with Gasteiger partial charge in [-0.2, -0.15) is 0 Å². The smallest absolute Gasteiger partial charge is 0.242 e. The van der Waals surface area contributed by atoms with E-state index in [9.17, 15) is 12.8 Å². The summed E-state index contributed by atoms with van der Waals surface area (Å²) in [6.45, 7) is 2.21. The van der Waals surface area contributed by atoms with Crippen LogP contribution in [0.15, 0.2) is 17.0 Å². The molecule has 2 N–H and O–H groups in total. The second-order valence-corrected chi connectivity index (χ2v) is 5.90. The van der Waals surface area contributed by atoms with E-state index in [-0.39, 0.29) is 16.3 Å². The zero-order chi connectivity index (χ0) is 13.9. The van der Waals surface area contributed by atoms with Crippen molar-refractivity contribution in [2.24, 2.45) is 0 Å². The average Bonchev–Trinajstić information content (AvgIpc) is 2.28. The topological polar surface area (TPSA) is 72.6 Å². The molecule has 0 amide bonds. The monoisotopic (exact) mass is 276 g/mol. The molecule has 7 heteroatoms. The van der Waals surface area contributed by atoms with Crippen molar-refractivity contribution in [3.05, 3.63) is 17.9 Å². The van der Waals surface area contributed by atoms with Crippen LogP contribution in [-0.4, -0.2) is 33.4 Å². The summed E-state index contributed by atoms with van der Waals surface area (Å²) in [4.78, 5) is -0.172. The fraction of sp³-hybridized carbons (Fsp3) is 0.455. The van der Waals surface area contributed by atoms with Crippen LogP contribution in [0.4, 0.5) is 10.1 Å². The number of nitrogens with zero attached hydrogens (tertiary/aromatic N) is 1. The highest BCUT2D eigenvalue weighted by Gasteiger charge is 2.23. The largest absolute Gasteiger partial charge is 0.492 e. The minimum Gasteiger partial charge on any atom is -0.492 e. The number of nitrogens with two attached hydrogens (primary N) is 1. The summed E-state index contributed by atoms with van der Waals surface area (Å²) in [7, 11) is -1.00. The highest BCUT2D eigenvalue weighted by atomic mass is 32.2. The Bertz CT molecular complexity index is 508. The summed E-state index contributed by atoms with van der Waals surface area (Å²) in [6.07, 6.45) is 0.670. The number of rotatable bonds is 5. The van der Waals surface area contributed by atoms with Crippen molar-refractivity contribution in [3.63, 3.8) is 0 Å². The molecule has 0 fully saturated rings. The fourth-order valence-electron chi connectivity index (χ4n) is 1.57. The zero-order valence-electron chi connectivity index (χ0n) is 10.6. The van der Waals surface area contributed by atoms with E-state index < -0.39 is 15.8 Å². The third kappa shape index (κ3) is 2.73. The van der Waals surface area contributed by atoms with E-state index in [0.717, 1.165) is 10.4 Å². The van der Waals surface area contributed by atoms with Gasteiger partial charge in [0, 0.05) is 13.6 Å². The van der Waals surface area contributed by atoms with Crippen molar-refractivity contribution >= 4 is 15.7 Å². The molecule has 1 rings (SSSR count). The van der Waals surface area contributed by atoms with Crippen LogP contribution in [0.1, 0.15) is 13.3 Å². The third-order valence-corrected chi connectivity index (χ3v) is 4.33. The maximum atomic E-state index is 13.6. The number of anilines is 1. The number of hydrogen-bond donors (Lipinski definition) is 1. The van der Waals surface area contributed by atoms with Crippen LogP contribution >= 0.6 is 0 Å². The molecule has 0 aliphatic heterocycles. The summed E-state index contributed by atoms with van der Waals surface area (Å²) >= 11 is 0. The highest BCUT2D eigenvalue weighted by molar-refractivity contribution is 7.89. The molecule has 1 aromatic rings. The van der Waals surface area contributed by atoms with Crippen molar-refractivity contribution in [3.8, 4) is 5.75 Å². The lowest BCUT2D eigenvalue weighted by Gasteiger charge is -2.17. The molecule has 0 saturated heterocycles. The van der Waals surface area contributed by atoms with Gasteiger partial charge >= 0.3 is 0 Å². The first kappa shape index (κ1) is 14.7. The minimum absolute atomic E-state index is 0.0408. The third-order valence-electron chi connectivity index (χ3n) is 2.50. The summed E-state index contributed by atoms with van der Waals surface area (Å²) < 4.78 is 43.7. The van der Waals surface area contributed by atoms with Gasteiger partial charge in [-0.3, -0.25) is 0 Å². The van der Waals surface area contributed by atoms with Crippen LogP contribution in [0.3, 0.4) is 0 Å². The first-order chi connectivity index (χ1) is 8.34. The lowest BCUT2D eigenvalue weighted by molar-refractivity contribution is 0.387. The Morgan fingerprint density at radius 3 is 2.50 bits per heavy atom. The Hall–Kier alpha value is -1.34. The SMILES string of the molecule is CCCN(C)S(=O)(=O)c1cc(N)c(OC)c(F)c1. The van der Waals surface area contributed by atoms with Crippen molar-refractivity contribution in [1.82, 2.24) is 4.31 Å². The molecule has 0 radical (unpaired) electrons. The predicted molar refractivity (Wildman–Crippen MR) is 67.5 cm³/mol. The molecular weight excluding hydrogens is 259 g/mol. The van der Waals surface area contributed by atoms with Gasteiger partial charge in [0.2, 0.25) is 10.0 Å². The van der Waals surface area contributed by atoms with Crippen molar-refractivity contribution in [2.45, 2.75) is 18.2 Å². The van der Waals surface area contributed by atoms with E-state index in [0.29, 0.717) is 13.0 Å². The maximum Gasteiger partial charge on any atom is 0.242 e. The number of benzene rings is 1. The second-order valence-electron chi connectivity index (χ2n) is 3.85. The Morgan fingerprint density at radius 2 is 2.06 bits per heavy atom. The Kier molecular flexibility index (Phi) is 4.53. The minimum atomic E-state index is -3.71. The summed E-state index contributed by atoms with van der Waals surface area (Å²) in [6, 6.07) is 2.11. The van der Waals surface area contributed by atoms with Gasteiger partial charge in [-0.1, -0.05) is 6.92 Å². The maximum absolute atomic E-state index is 13.6. The summed E-state index contributed by atoms with van der Waals surface area (Å²) in [5.74, 6) is -0.937. The Labute approximate surface area is 106 Å². The van der Waals surface area contributed by atoms with Crippen LogP contribution in [0, 0.1) is 5.82 Å². The van der Waals surface area contributed by atoms with Gasteiger partial charge in [-0.05, 0) is 18.6 Å². The van der Waals surface area contributed by atoms with Crippen LogP contribution in [0.5, 0.6) is 5.75 Å². The molecule has 0 atom stereocenters. The van der Waals surface area contributed by atoms with Gasteiger partial charge in [0.25, 0.3) is 0 Å². The number of methoxy groups -OCH3 is 1. The second kappa shape index (κ2) is 5.53. The molecule has 18 heavy (non-hydrogen) atoms. The predicted octanol–water partition coefficient (Wildman–Crippen LogP) is 1.45. The van der Waals surface area contributed by atoms with E-state index in [1.54, 1.807) is 0 Å². The lowest BCUT2D eigenvalue weighted by Crippen LogP contribution is -2.27. The number of nitrogen functional groups attached to an aromatic ring is 1. The molecular formula is C11H17FN2O3S. The van der Waals surface area contributed by atoms with Gasteiger partial charge in [0.05, 0.1) is 17.7 Å². The number of halogens is 1. The van der Waals surface area contributed by atoms with Crippen LogP contribution in [-0.2, 0) is 10.0 Å². The quantitative estimate of drug-likeness (QED) is 0.826. The number of hydrogen-bond acceptors (Lipinski definition) is 4. The Balaban J connectivity index is 3.27. The zero-order valence-corrected chi connectivity index (χ0v) is 11.4. The molecule has 0 bridgehead atoms. The van der Waals surface area contributed by atoms with Crippen molar-refractivity contribution in [1.29, 1.82) is 0 Å². The lowest BCUT2D eigenvalue weighted by atomic mass is 10.3. The first-order valence-electron chi connectivity index (χ1n) is 5.44. The van der Waals surface area contributed by atoms with E-state index in [4.69, 9.17) is 10.5 Å². The normalized spacial score (nSPS) is 11.8. The molecule has 5 nitrogen and oxygen atoms in total. The van der Waals surface area contributed by atoms with E-state index in [1.165, 1.54) is 20.2 Å². The molecule has 0 aliphatic rings. The molecule has 0 spiro atoms. The molecule has 0 saturated carbocycles. The van der Waals surface area contributed by atoms with Gasteiger partial charge in [-0.15, -0.1) is 0 Å². The highest BCUT2D eigenvalue weighted by Crippen LogP contribution is 2.29. The van der Waals surface area contributed by atoms with Gasteiger partial charge < -0.3 is 10.5 Å². The van der Waals surface area contributed by atoms with Crippen LogP contribution in [0.2, 0.25) is 0 Å². The first-order valence-corrected chi connectivity index (χ1v) is 6.88. The van der Waals surface area contributed by atoms with E-state index in [2.05, 4.69) is 0 Å². The van der Waals surface area contributed by atoms with Crippen molar-refractivity contribution < 1.29 is 17.5 Å².